The number of fused-ring (bicyclic) bond motifs is 6. The molecule has 0 fully saturated rings. The molecular formula is C57H37N5. The van der Waals surface area contributed by atoms with Gasteiger partial charge in [-0.05, 0) is 47.3 Å². The molecule has 0 amide bonds. The lowest BCUT2D eigenvalue weighted by atomic mass is 9.96. The molecule has 12 aromatic rings. The van der Waals surface area contributed by atoms with Crippen LogP contribution in [0, 0.1) is 0 Å². The van der Waals surface area contributed by atoms with Crippen molar-refractivity contribution in [1.82, 2.24) is 24.1 Å². The fourth-order valence-corrected chi connectivity index (χ4v) is 9.05. The highest BCUT2D eigenvalue weighted by atomic mass is 15.2. The number of aromatic nitrogens is 5. The van der Waals surface area contributed by atoms with Gasteiger partial charge in [0.05, 0.1) is 33.6 Å². The van der Waals surface area contributed by atoms with Crippen molar-refractivity contribution in [3.05, 3.63) is 224 Å². The second kappa shape index (κ2) is 14.7. The molecule has 0 N–H and O–H groups in total. The number of benzene rings is 8. The second-order valence-electron chi connectivity index (χ2n) is 15.7. The number of nitrogens with zero attached hydrogens (tertiary/aromatic N) is 5. The molecule has 0 aliphatic heterocycles. The number of hydrogen-bond acceptors (Lipinski definition) is 3. The summed E-state index contributed by atoms with van der Waals surface area (Å²) in [5, 5.41) is 10.3. The van der Waals surface area contributed by atoms with Crippen LogP contribution >= 0.6 is 0 Å². The van der Waals surface area contributed by atoms with Crippen molar-refractivity contribution >= 4 is 38.1 Å². The maximum atomic E-state index is 5.45. The van der Waals surface area contributed by atoms with E-state index in [1.807, 2.05) is 18.2 Å². The van der Waals surface area contributed by atoms with E-state index in [4.69, 9.17) is 15.1 Å². The van der Waals surface area contributed by atoms with Gasteiger partial charge in [0, 0.05) is 55.2 Å². The van der Waals surface area contributed by atoms with Crippen LogP contribution in [0.2, 0.25) is 0 Å². The van der Waals surface area contributed by atoms with Crippen molar-refractivity contribution in [2.75, 3.05) is 0 Å². The average molecular weight is 792 g/mol. The van der Waals surface area contributed by atoms with E-state index in [-0.39, 0.29) is 0 Å². The summed E-state index contributed by atoms with van der Waals surface area (Å²) in [4.78, 5) is 10.4. The van der Waals surface area contributed by atoms with Gasteiger partial charge in [0.25, 0.3) is 0 Å². The zero-order chi connectivity index (χ0) is 41.0. The molecule has 0 spiro atoms. The van der Waals surface area contributed by atoms with Crippen LogP contribution in [0.5, 0.6) is 0 Å². The van der Waals surface area contributed by atoms with Gasteiger partial charge >= 0.3 is 0 Å². The molecule has 0 atom stereocenters. The Morgan fingerprint density at radius 2 is 0.887 bits per heavy atom. The first-order valence-corrected chi connectivity index (χ1v) is 20.9. The maximum absolute atomic E-state index is 5.45. The Kier molecular flexibility index (Phi) is 8.42. The quantitative estimate of drug-likeness (QED) is 0.162. The van der Waals surface area contributed by atoms with E-state index >= 15 is 0 Å². The van der Waals surface area contributed by atoms with Gasteiger partial charge < -0.3 is 4.57 Å². The Balaban J connectivity index is 1.01. The molecule has 0 saturated carbocycles. The molecular weight excluding hydrogens is 755 g/mol. The average Bonchev–Trinajstić information content (AvgIpc) is 3.92. The van der Waals surface area contributed by atoms with E-state index in [9.17, 15) is 0 Å². The maximum Gasteiger partial charge on any atom is 0.160 e. The summed E-state index contributed by atoms with van der Waals surface area (Å²) >= 11 is 0. The van der Waals surface area contributed by atoms with E-state index in [1.165, 1.54) is 27.2 Å². The van der Waals surface area contributed by atoms with Crippen molar-refractivity contribution in [3.8, 4) is 73.2 Å². The summed E-state index contributed by atoms with van der Waals surface area (Å²) in [5.41, 5.74) is 15.5. The largest absolute Gasteiger partial charge is 0.309 e. The van der Waals surface area contributed by atoms with Gasteiger partial charge in [-0.1, -0.05) is 188 Å². The van der Waals surface area contributed by atoms with E-state index in [1.54, 1.807) is 0 Å². The Labute approximate surface area is 358 Å². The van der Waals surface area contributed by atoms with Crippen molar-refractivity contribution < 1.29 is 0 Å². The molecule has 5 heteroatoms. The van der Waals surface area contributed by atoms with Crippen molar-refractivity contribution in [2.45, 2.75) is 0 Å². The minimum atomic E-state index is 0.677. The number of pyridine rings is 1. The molecule has 4 heterocycles. The zero-order valence-electron chi connectivity index (χ0n) is 33.6. The Bertz CT molecular complexity index is 3550. The molecule has 62 heavy (non-hydrogen) atoms. The zero-order valence-corrected chi connectivity index (χ0v) is 33.6. The molecule has 0 unspecified atom stereocenters. The molecule has 290 valence electrons. The molecule has 0 saturated heterocycles. The lowest BCUT2D eigenvalue weighted by Gasteiger charge is -2.12. The lowest BCUT2D eigenvalue weighted by Crippen LogP contribution is -1.98. The van der Waals surface area contributed by atoms with E-state index in [0.29, 0.717) is 5.82 Å². The SMILES string of the molecule is c1ccc(-c2nc(-c3ccc(-c4nn5c(-c6ccccc6)cc6ccccc6c5c4-c4ccccc4)cc3)cc(-c3cccc(-n4c5ccccc5c5ccccc54)c3)n2)cc1. The van der Waals surface area contributed by atoms with Crippen molar-refractivity contribution in [1.29, 1.82) is 0 Å². The molecule has 8 aromatic carbocycles. The van der Waals surface area contributed by atoms with Crippen LogP contribution in [0.25, 0.3) is 111 Å². The summed E-state index contributed by atoms with van der Waals surface area (Å²) in [6.45, 7) is 0. The summed E-state index contributed by atoms with van der Waals surface area (Å²) in [7, 11) is 0. The van der Waals surface area contributed by atoms with E-state index in [2.05, 4.69) is 215 Å². The molecule has 0 radical (unpaired) electrons. The standard InChI is InChI=1S/C57H37N5/c1-4-17-39(18-5-1)53-36-43-23-10-11-26-46(43)56-54(40-19-6-2-7-20-40)55(60-62(53)56)41-33-31-38(32-34-41)49-37-50(59-57(58-49)42-21-8-3-9-22-42)44-24-16-25-45(35-44)61-51-29-14-12-27-47(51)48-28-13-15-30-52(48)61/h1-37H. The predicted molar refractivity (Wildman–Crippen MR) is 255 cm³/mol. The predicted octanol–water partition coefficient (Wildman–Crippen LogP) is 14.4. The highest BCUT2D eigenvalue weighted by Crippen LogP contribution is 2.42. The van der Waals surface area contributed by atoms with Gasteiger partial charge in [-0.15, -0.1) is 0 Å². The molecule has 5 nitrogen and oxygen atoms in total. The van der Waals surface area contributed by atoms with Gasteiger partial charge in [0.15, 0.2) is 5.82 Å². The van der Waals surface area contributed by atoms with Crippen LogP contribution in [-0.2, 0) is 0 Å². The summed E-state index contributed by atoms with van der Waals surface area (Å²) in [6, 6.07) is 79.0. The van der Waals surface area contributed by atoms with Crippen LogP contribution in [-0.4, -0.2) is 24.1 Å². The molecule has 0 aliphatic rings. The van der Waals surface area contributed by atoms with Gasteiger partial charge in [0.2, 0.25) is 0 Å². The minimum absolute atomic E-state index is 0.677. The summed E-state index contributed by atoms with van der Waals surface area (Å²) < 4.78 is 4.49. The number of para-hydroxylation sites is 2. The molecule has 12 rings (SSSR count). The Morgan fingerprint density at radius 1 is 0.355 bits per heavy atom. The number of rotatable bonds is 7. The van der Waals surface area contributed by atoms with Crippen LogP contribution in [0.1, 0.15) is 0 Å². The smallest absolute Gasteiger partial charge is 0.160 e. The normalized spacial score (nSPS) is 11.5. The third-order valence-electron chi connectivity index (χ3n) is 11.9. The first kappa shape index (κ1) is 35.5. The van der Waals surface area contributed by atoms with Crippen LogP contribution in [0.15, 0.2) is 224 Å². The highest BCUT2D eigenvalue weighted by Gasteiger charge is 2.22. The third-order valence-corrected chi connectivity index (χ3v) is 11.9. The van der Waals surface area contributed by atoms with E-state index in [0.717, 1.165) is 78.3 Å². The second-order valence-corrected chi connectivity index (χ2v) is 15.7. The number of hydrogen-bond donors (Lipinski definition) is 0. The minimum Gasteiger partial charge on any atom is -0.309 e. The molecule has 4 aromatic heterocycles. The lowest BCUT2D eigenvalue weighted by molar-refractivity contribution is 0.979. The molecule has 0 aliphatic carbocycles. The fourth-order valence-electron chi connectivity index (χ4n) is 9.05. The van der Waals surface area contributed by atoms with Crippen molar-refractivity contribution in [3.63, 3.8) is 0 Å². The molecule has 0 bridgehead atoms. The van der Waals surface area contributed by atoms with Gasteiger partial charge in [-0.3, -0.25) is 0 Å². The fraction of sp³-hybridized carbons (Fsp3) is 0. The first-order valence-electron chi connectivity index (χ1n) is 20.9. The van der Waals surface area contributed by atoms with E-state index < -0.39 is 0 Å². The Morgan fingerprint density at radius 3 is 1.56 bits per heavy atom. The van der Waals surface area contributed by atoms with Crippen molar-refractivity contribution in [2.24, 2.45) is 0 Å². The van der Waals surface area contributed by atoms with Crippen LogP contribution in [0.4, 0.5) is 0 Å². The van der Waals surface area contributed by atoms with Gasteiger partial charge in [-0.2, -0.15) is 5.10 Å². The van der Waals surface area contributed by atoms with Crippen LogP contribution < -0.4 is 0 Å². The summed E-state index contributed by atoms with van der Waals surface area (Å²) in [6.07, 6.45) is 0. The van der Waals surface area contributed by atoms with Crippen LogP contribution in [0.3, 0.4) is 0 Å². The Hall–Kier alpha value is -8.41. The first-order chi connectivity index (χ1) is 30.7. The van der Waals surface area contributed by atoms with Gasteiger partial charge in [-0.25, -0.2) is 14.5 Å². The topological polar surface area (TPSA) is 48.0 Å². The highest BCUT2D eigenvalue weighted by molar-refractivity contribution is 6.10. The monoisotopic (exact) mass is 791 g/mol. The third kappa shape index (κ3) is 5.98. The summed E-state index contributed by atoms with van der Waals surface area (Å²) in [5.74, 6) is 0.677. The van der Waals surface area contributed by atoms with Gasteiger partial charge in [0.1, 0.15) is 5.69 Å².